The van der Waals surface area contributed by atoms with Gasteiger partial charge in [-0.1, -0.05) is 17.7 Å². The van der Waals surface area contributed by atoms with Crippen LogP contribution in [0.15, 0.2) is 18.2 Å². The number of aliphatic carboxylic acids is 1. The molecule has 0 spiro atoms. The van der Waals surface area contributed by atoms with Crippen molar-refractivity contribution in [2.45, 2.75) is 38.6 Å². The van der Waals surface area contributed by atoms with E-state index in [2.05, 4.69) is 0 Å². The average Bonchev–Trinajstić information content (AvgIpc) is 3.23. The van der Waals surface area contributed by atoms with Crippen molar-refractivity contribution in [1.29, 1.82) is 0 Å². The van der Waals surface area contributed by atoms with E-state index in [4.69, 9.17) is 9.84 Å². The molecule has 5 nitrogen and oxygen atoms in total. The summed E-state index contributed by atoms with van der Waals surface area (Å²) in [4.78, 5) is 24.9. The van der Waals surface area contributed by atoms with E-state index in [1.165, 1.54) is 0 Å². The van der Waals surface area contributed by atoms with Gasteiger partial charge in [-0.2, -0.15) is 0 Å². The van der Waals surface area contributed by atoms with Crippen LogP contribution < -0.4 is 4.74 Å². The van der Waals surface area contributed by atoms with Crippen molar-refractivity contribution >= 4 is 11.9 Å². The fourth-order valence-electron chi connectivity index (χ4n) is 2.42. The van der Waals surface area contributed by atoms with E-state index in [9.17, 15) is 9.59 Å². The highest BCUT2D eigenvalue weighted by Crippen LogP contribution is 2.28. The smallest absolute Gasteiger partial charge is 0.305 e. The summed E-state index contributed by atoms with van der Waals surface area (Å²) < 4.78 is 5.29. The van der Waals surface area contributed by atoms with Crippen molar-refractivity contribution < 1.29 is 19.4 Å². The van der Waals surface area contributed by atoms with Crippen molar-refractivity contribution in [3.05, 3.63) is 29.3 Å². The van der Waals surface area contributed by atoms with Crippen LogP contribution >= 0.6 is 0 Å². The third kappa shape index (κ3) is 4.21. The van der Waals surface area contributed by atoms with E-state index in [1.54, 1.807) is 12.0 Å². The minimum Gasteiger partial charge on any atom is -0.496 e. The van der Waals surface area contributed by atoms with Crippen molar-refractivity contribution in [2.24, 2.45) is 0 Å². The van der Waals surface area contributed by atoms with Crippen molar-refractivity contribution in [3.63, 3.8) is 0 Å². The molecule has 0 aromatic heterocycles. The van der Waals surface area contributed by atoms with Crippen LogP contribution in [0.25, 0.3) is 0 Å². The van der Waals surface area contributed by atoms with Crippen LogP contribution in [0.2, 0.25) is 0 Å². The predicted molar refractivity (Wildman–Crippen MR) is 78.4 cm³/mol. The zero-order valence-electron chi connectivity index (χ0n) is 12.5. The molecule has 1 N–H and O–H groups in total. The Hall–Kier alpha value is -2.04. The van der Waals surface area contributed by atoms with Crippen molar-refractivity contribution in [2.75, 3.05) is 13.7 Å². The van der Waals surface area contributed by atoms with E-state index in [0.29, 0.717) is 5.75 Å². The molecule has 0 radical (unpaired) electrons. The molecule has 0 saturated heterocycles. The molecule has 5 heteroatoms. The Kier molecular flexibility index (Phi) is 4.83. The highest BCUT2D eigenvalue weighted by atomic mass is 16.5. The first-order valence-electron chi connectivity index (χ1n) is 7.16. The highest BCUT2D eigenvalue weighted by molar-refractivity contribution is 5.80. The molecule has 1 aliphatic rings. The zero-order valence-corrected chi connectivity index (χ0v) is 12.5. The van der Waals surface area contributed by atoms with Crippen LogP contribution in [0.4, 0.5) is 0 Å². The number of rotatable bonds is 7. The maximum absolute atomic E-state index is 12.5. The van der Waals surface area contributed by atoms with Crippen LogP contribution in [0.5, 0.6) is 5.75 Å². The number of hydrogen-bond donors (Lipinski definition) is 1. The molecule has 0 aliphatic heterocycles. The fourth-order valence-corrected chi connectivity index (χ4v) is 2.42. The topological polar surface area (TPSA) is 66.8 Å². The van der Waals surface area contributed by atoms with E-state index in [-0.39, 0.29) is 31.3 Å². The predicted octanol–water partition coefficient (Wildman–Crippen LogP) is 2.01. The maximum Gasteiger partial charge on any atom is 0.305 e. The van der Waals surface area contributed by atoms with Crippen molar-refractivity contribution in [3.8, 4) is 5.75 Å². The number of carbonyl (C=O) groups is 2. The molecule has 0 bridgehead atoms. The molecular formula is C16H21NO4. The highest BCUT2D eigenvalue weighted by Gasteiger charge is 2.32. The summed E-state index contributed by atoms with van der Waals surface area (Å²) in [6.45, 7) is 2.25. The lowest BCUT2D eigenvalue weighted by molar-refractivity contribution is -0.138. The largest absolute Gasteiger partial charge is 0.496 e. The third-order valence-corrected chi connectivity index (χ3v) is 3.65. The molecule has 1 aromatic carbocycles. The summed E-state index contributed by atoms with van der Waals surface area (Å²) in [6.07, 6.45) is 2.18. The second kappa shape index (κ2) is 6.61. The summed E-state index contributed by atoms with van der Waals surface area (Å²) in [5.41, 5.74) is 1.92. The Morgan fingerprint density at radius 2 is 2.10 bits per heavy atom. The Morgan fingerprint density at radius 1 is 1.38 bits per heavy atom. The molecule has 1 aliphatic carbocycles. The number of methoxy groups -OCH3 is 1. The van der Waals surface area contributed by atoms with Gasteiger partial charge in [0.15, 0.2) is 0 Å². The lowest BCUT2D eigenvalue weighted by Gasteiger charge is -2.22. The molecule has 2 rings (SSSR count). The molecule has 21 heavy (non-hydrogen) atoms. The summed E-state index contributed by atoms with van der Waals surface area (Å²) in [7, 11) is 1.59. The van der Waals surface area contributed by atoms with Gasteiger partial charge in [-0.15, -0.1) is 0 Å². The lowest BCUT2D eigenvalue weighted by Crippen LogP contribution is -2.36. The van der Waals surface area contributed by atoms with Gasteiger partial charge in [-0.05, 0) is 25.8 Å². The molecule has 1 amide bonds. The first-order valence-corrected chi connectivity index (χ1v) is 7.16. The molecule has 1 saturated carbocycles. The van der Waals surface area contributed by atoms with E-state index < -0.39 is 5.97 Å². The lowest BCUT2D eigenvalue weighted by atomic mass is 10.1. The molecule has 114 valence electrons. The fraction of sp³-hybridized carbons (Fsp3) is 0.500. The van der Waals surface area contributed by atoms with Gasteiger partial charge in [0.05, 0.1) is 20.0 Å². The first-order chi connectivity index (χ1) is 10.0. The Morgan fingerprint density at radius 3 is 2.67 bits per heavy atom. The van der Waals surface area contributed by atoms with Gasteiger partial charge in [0.2, 0.25) is 5.91 Å². The molecule has 1 aromatic rings. The van der Waals surface area contributed by atoms with Crippen LogP contribution in [-0.2, 0) is 16.0 Å². The number of amides is 1. The second-order valence-electron chi connectivity index (χ2n) is 5.45. The molecule has 1 fully saturated rings. The number of carbonyl (C=O) groups excluding carboxylic acids is 1. The third-order valence-electron chi connectivity index (χ3n) is 3.65. The maximum atomic E-state index is 12.5. The van der Waals surface area contributed by atoms with Crippen LogP contribution in [-0.4, -0.2) is 41.6 Å². The van der Waals surface area contributed by atoms with E-state index in [0.717, 1.165) is 24.0 Å². The SMILES string of the molecule is COc1ccc(C)cc1CC(=O)N(CCC(=O)O)C1CC1. The number of carboxylic acids is 1. The van der Waals surface area contributed by atoms with Crippen LogP contribution in [0.3, 0.4) is 0 Å². The van der Waals surface area contributed by atoms with E-state index >= 15 is 0 Å². The summed E-state index contributed by atoms with van der Waals surface area (Å²) in [6, 6.07) is 5.96. The van der Waals surface area contributed by atoms with Gasteiger partial charge in [-0.25, -0.2) is 0 Å². The van der Waals surface area contributed by atoms with Crippen LogP contribution in [0, 0.1) is 6.92 Å². The van der Waals surface area contributed by atoms with Gasteiger partial charge < -0.3 is 14.7 Å². The Balaban J connectivity index is 2.07. The Labute approximate surface area is 124 Å². The van der Waals surface area contributed by atoms with Gasteiger partial charge in [0.25, 0.3) is 0 Å². The number of aryl methyl sites for hydroxylation is 1. The van der Waals surface area contributed by atoms with Gasteiger partial charge in [-0.3, -0.25) is 9.59 Å². The summed E-state index contributed by atoms with van der Waals surface area (Å²) in [5, 5.41) is 8.80. The quantitative estimate of drug-likeness (QED) is 0.834. The summed E-state index contributed by atoms with van der Waals surface area (Å²) >= 11 is 0. The number of carboxylic acid groups (broad SMARTS) is 1. The number of hydrogen-bond acceptors (Lipinski definition) is 3. The summed E-state index contributed by atoms with van der Waals surface area (Å²) in [5.74, 6) is -0.202. The normalized spacial score (nSPS) is 13.8. The average molecular weight is 291 g/mol. The molecule has 0 atom stereocenters. The standard InChI is InChI=1S/C16H21NO4/c1-11-3-6-14(21-2)12(9-11)10-15(18)17(13-4-5-13)8-7-16(19)20/h3,6,9,13H,4-5,7-8,10H2,1-2H3,(H,19,20). The molecular weight excluding hydrogens is 270 g/mol. The molecule has 0 heterocycles. The van der Waals surface area contributed by atoms with Gasteiger partial charge in [0.1, 0.15) is 5.75 Å². The number of nitrogens with zero attached hydrogens (tertiary/aromatic N) is 1. The monoisotopic (exact) mass is 291 g/mol. The van der Waals surface area contributed by atoms with E-state index in [1.807, 2.05) is 25.1 Å². The molecule has 0 unspecified atom stereocenters. The van der Waals surface area contributed by atoms with Crippen molar-refractivity contribution in [1.82, 2.24) is 4.90 Å². The second-order valence-corrected chi connectivity index (χ2v) is 5.45. The van der Waals surface area contributed by atoms with Gasteiger partial charge >= 0.3 is 5.97 Å². The minimum absolute atomic E-state index is 0.00675. The first kappa shape index (κ1) is 15.4. The number of ether oxygens (including phenoxy) is 1. The number of benzene rings is 1. The Bertz CT molecular complexity index is 537. The van der Waals surface area contributed by atoms with Gasteiger partial charge in [0, 0.05) is 18.2 Å². The minimum atomic E-state index is -0.874. The van der Waals surface area contributed by atoms with Crippen LogP contribution in [0.1, 0.15) is 30.4 Å². The zero-order chi connectivity index (χ0) is 15.4.